The highest BCUT2D eigenvalue weighted by molar-refractivity contribution is 5.94. The predicted octanol–water partition coefficient (Wildman–Crippen LogP) is 1.79. The number of rotatable bonds is 2. The van der Waals surface area contributed by atoms with Crippen molar-refractivity contribution in [2.24, 2.45) is 11.1 Å². The van der Waals surface area contributed by atoms with Gasteiger partial charge in [0.2, 0.25) is 0 Å². The number of aromatic hydroxyl groups is 1. The fourth-order valence-corrected chi connectivity index (χ4v) is 6.38. The third kappa shape index (κ3) is 1.59. The van der Waals surface area contributed by atoms with E-state index in [1.807, 2.05) is 6.07 Å². The van der Waals surface area contributed by atoms with E-state index in [-0.39, 0.29) is 11.8 Å². The lowest BCUT2D eigenvalue weighted by Crippen LogP contribution is -2.76. The predicted molar refractivity (Wildman–Crippen MR) is 94.0 cm³/mol. The Morgan fingerprint density at radius 2 is 2.12 bits per heavy atom. The molecule has 2 saturated carbocycles. The maximum absolute atomic E-state index is 12.1. The number of ether oxygens (including phenoxy) is 1. The van der Waals surface area contributed by atoms with Crippen molar-refractivity contribution in [3.8, 4) is 11.5 Å². The summed E-state index contributed by atoms with van der Waals surface area (Å²) in [6, 6.07) is 3.74. The van der Waals surface area contributed by atoms with E-state index in [1.165, 1.54) is 12.8 Å². The minimum atomic E-state index is -0.912. The molecule has 1 aromatic carbocycles. The average Bonchev–Trinajstić information content (AvgIpc) is 3.37. The number of benzene rings is 1. The molecule has 1 unspecified atom stereocenters. The maximum Gasteiger partial charge on any atom is 0.166 e. The molecular formula is C20H24N2O4. The van der Waals surface area contributed by atoms with Gasteiger partial charge in [0, 0.05) is 18.2 Å². The van der Waals surface area contributed by atoms with Gasteiger partial charge in [0.1, 0.15) is 0 Å². The molecule has 2 bridgehead atoms. The quantitative estimate of drug-likeness (QED) is 0.556. The van der Waals surface area contributed by atoms with Crippen LogP contribution in [0.25, 0.3) is 0 Å². The lowest BCUT2D eigenvalue weighted by molar-refractivity contribution is -0.167. The monoisotopic (exact) mass is 356 g/mol. The van der Waals surface area contributed by atoms with Gasteiger partial charge < -0.3 is 20.2 Å². The number of piperidine rings is 1. The molecule has 3 N–H and O–H groups in total. The Labute approximate surface area is 152 Å². The van der Waals surface area contributed by atoms with Gasteiger partial charge in [-0.3, -0.25) is 4.90 Å². The summed E-state index contributed by atoms with van der Waals surface area (Å²) < 4.78 is 6.19. The minimum Gasteiger partial charge on any atom is -0.504 e. The normalized spacial score (nSPS) is 41.8. The topological polar surface area (TPSA) is 85.5 Å². The number of oxime groups is 1. The molecule has 1 spiro atoms. The Balaban J connectivity index is 1.58. The smallest absolute Gasteiger partial charge is 0.166 e. The lowest BCUT2D eigenvalue weighted by atomic mass is 9.49. The fourth-order valence-electron chi connectivity index (χ4n) is 6.38. The number of phenolic OH excluding ortho intramolecular Hbond substituents is 1. The SMILES string of the molecule is ON=C1CC[C@@]2(O)[C@H]3Cc4ccc(O)c5c4[C@@]2(CCN3CC2CC2)C1O5. The van der Waals surface area contributed by atoms with Crippen molar-refractivity contribution in [2.45, 2.75) is 61.7 Å². The molecule has 3 aliphatic carbocycles. The van der Waals surface area contributed by atoms with E-state index in [2.05, 4.69) is 10.1 Å². The van der Waals surface area contributed by atoms with Crippen molar-refractivity contribution >= 4 is 5.71 Å². The highest BCUT2D eigenvalue weighted by Gasteiger charge is 2.72. The summed E-state index contributed by atoms with van der Waals surface area (Å²) in [5, 5.41) is 35.6. The summed E-state index contributed by atoms with van der Waals surface area (Å²) in [6.07, 6.45) is 4.77. The van der Waals surface area contributed by atoms with Crippen molar-refractivity contribution in [1.29, 1.82) is 0 Å². The molecule has 0 amide bonds. The lowest BCUT2D eigenvalue weighted by Gasteiger charge is -2.63. The van der Waals surface area contributed by atoms with Crippen molar-refractivity contribution in [3.05, 3.63) is 23.3 Å². The summed E-state index contributed by atoms with van der Waals surface area (Å²) in [5.74, 6) is 1.38. The largest absolute Gasteiger partial charge is 0.504 e. The molecule has 6 rings (SSSR count). The van der Waals surface area contributed by atoms with Crippen LogP contribution in [0, 0.1) is 5.92 Å². The van der Waals surface area contributed by atoms with Crippen LogP contribution in [0.2, 0.25) is 0 Å². The Bertz CT molecular complexity index is 835. The number of phenols is 1. The first-order valence-corrected chi connectivity index (χ1v) is 9.78. The van der Waals surface area contributed by atoms with Gasteiger partial charge in [-0.2, -0.15) is 0 Å². The Morgan fingerprint density at radius 1 is 1.27 bits per heavy atom. The molecule has 138 valence electrons. The number of hydrogen-bond acceptors (Lipinski definition) is 6. The summed E-state index contributed by atoms with van der Waals surface area (Å²) in [7, 11) is 0. The minimum absolute atomic E-state index is 0.0613. The van der Waals surface area contributed by atoms with Crippen LogP contribution >= 0.6 is 0 Å². The van der Waals surface area contributed by atoms with E-state index in [9.17, 15) is 15.4 Å². The van der Waals surface area contributed by atoms with Crippen LogP contribution in [-0.4, -0.2) is 56.9 Å². The zero-order valence-corrected chi connectivity index (χ0v) is 14.7. The second-order valence-corrected chi connectivity index (χ2v) is 8.84. The van der Waals surface area contributed by atoms with Gasteiger partial charge in [-0.05, 0) is 62.6 Å². The fraction of sp³-hybridized carbons (Fsp3) is 0.650. The van der Waals surface area contributed by atoms with Gasteiger partial charge in [-0.25, -0.2) is 0 Å². The first-order valence-electron chi connectivity index (χ1n) is 9.78. The van der Waals surface area contributed by atoms with E-state index in [0.29, 0.717) is 24.3 Å². The molecule has 5 aliphatic rings. The zero-order chi connectivity index (χ0) is 17.7. The molecule has 2 heterocycles. The molecule has 0 aromatic heterocycles. The van der Waals surface area contributed by atoms with Crippen LogP contribution in [-0.2, 0) is 11.8 Å². The number of aliphatic hydroxyl groups is 1. The van der Waals surface area contributed by atoms with Gasteiger partial charge in [0.05, 0.1) is 16.7 Å². The summed E-state index contributed by atoms with van der Waals surface area (Å²) >= 11 is 0. The number of nitrogens with zero attached hydrogens (tertiary/aromatic N) is 2. The third-order valence-corrected chi connectivity index (χ3v) is 7.71. The van der Waals surface area contributed by atoms with Crippen LogP contribution in [0.4, 0.5) is 0 Å². The molecule has 1 saturated heterocycles. The average molecular weight is 356 g/mol. The first-order chi connectivity index (χ1) is 12.6. The molecule has 1 aromatic rings. The second-order valence-electron chi connectivity index (χ2n) is 8.84. The van der Waals surface area contributed by atoms with Gasteiger partial charge >= 0.3 is 0 Å². The Hall–Kier alpha value is -1.79. The third-order valence-electron chi connectivity index (χ3n) is 7.71. The van der Waals surface area contributed by atoms with Crippen molar-refractivity contribution in [1.82, 2.24) is 4.90 Å². The molecule has 6 heteroatoms. The second kappa shape index (κ2) is 4.73. The highest BCUT2D eigenvalue weighted by atomic mass is 16.5. The van der Waals surface area contributed by atoms with Crippen molar-refractivity contribution in [2.75, 3.05) is 13.1 Å². The van der Waals surface area contributed by atoms with E-state index in [1.54, 1.807) is 6.07 Å². The molecule has 4 atom stereocenters. The molecular weight excluding hydrogens is 332 g/mol. The van der Waals surface area contributed by atoms with E-state index < -0.39 is 17.1 Å². The van der Waals surface area contributed by atoms with Gasteiger partial charge in [0.15, 0.2) is 17.6 Å². The zero-order valence-electron chi connectivity index (χ0n) is 14.7. The van der Waals surface area contributed by atoms with Gasteiger partial charge in [-0.15, -0.1) is 0 Å². The van der Waals surface area contributed by atoms with Gasteiger partial charge in [-0.1, -0.05) is 11.2 Å². The molecule has 0 radical (unpaired) electrons. The van der Waals surface area contributed by atoms with Crippen LogP contribution in [0.3, 0.4) is 0 Å². The number of likely N-dealkylation sites (tertiary alicyclic amines) is 1. The highest BCUT2D eigenvalue weighted by Crippen LogP contribution is 2.65. The van der Waals surface area contributed by atoms with Crippen LogP contribution < -0.4 is 4.74 Å². The van der Waals surface area contributed by atoms with E-state index in [4.69, 9.17) is 4.74 Å². The molecule has 2 aliphatic heterocycles. The van der Waals surface area contributed by atoms with E-state index in [0.717, 1.165) is 43.0 Å². The number of hydrogen-bond donors (Lipinski definition) is 3. The summed E-state index contributed by atoms with van der Waals surface area (Å²) in [5.41, 5.74) is 1.19. The standard InChI is InChI=1S/C20H24N2O4/c23-14-4-3-12-9-15-20(24)6-5-13(21-25)18-19(20,16(12)17(14)26-18)7-8-22(15)10-11-1-2-11/h3-4,11,15,18,23-25H,1-2,5-10H2/t15-,18?,19+,20-/m1/s1. The summed E-state index contributed by atoms with van der Waals surface area (Å²) in [6.45, 7) is 1.98. The Morgan fingerprint density at radius 3 is 2.88 bits per heavy atom. The van der Waals surface area contributed by atoms with Crippen LogP contribution in [0.1, 0.15) is 43.2 Å². The van der Waals surface area contributed by atoms with Crippen LogP contribution in [0.5, 0.6) is 11.5 Å². The maximum atomic E-state index is 12.1. The molecule has 6 nitrogen and oxygen atoms in total. The molecule has 26 heavy (non-hydrogen) atoms. The Kier molecular flexibility index (Phi) is 2.78. The van der Waals surface area contributed by atoms with E-state index >= 15 is 0 Å². The van der Waals surface area contributed by atoms with Crippen LogP contribution in [0.15, 0.2) is 17.3 Å². The van der Waals surface area contributed by atoms with Crippen molar-refractivity contribution < 1.29 is 20.2 Å². The van der Waals surface area contributed by atoms with Gasteiger partial charge in [0.25, 0.3) is 0 Å². The van der Waals surface area contributed by atoms with Crippen molar-refractivity contribution in [3.63, 3.8) is 0 Å². The molecule has 3 fully saturated rings. The summed E-state index contributed by atoms with van der Waals surface area (Å²) in [4.78, 5) is 2.49. The first kappa shape index (κ1) is 15.3.